The minimum absolute atomic E-state index is 0.0748. The number of halogens is 3. The molecule has 1 amide bonds. The summed E-state index contributed by atoms with van der Waals surface area (Å²) < 4.78 is 27.0. The maximum atomic E-state index is 13.6. The summed E-state index contributed by atoms with van der Waals surface area (Å²) in [6, 6.07) is 2.34. The Kier molecular flexibility index (Phi) is 4.00. The zero-order valence-corrected chi connectivity index (χ0v) is 11.6. The van der Waals surface area contributed by atoms with Gasteiger partial charge in [-0.25, -0.2) is 8.78 Å². The molecule has 0 N–H and O–H groups in total. The van der Waals surface area contributed by atoms with Crippen molar-refractivity contribution >= 4 is 21.8 Å². The van der Waals surface area contributed by atoms with E-state index in [1.54, 1.807) is 4.90 Å². The van der Waals surface area contributed by atoms with Crippen molar-refractivity contribution < 1.29 is 13.6 Å². The van der Waals surface area contributed by atoms with Gasteiger partial charge in [-0.15, -0.1) is 0 Å². The van der Waals surface area contributed by atoms with E-state index in [1.807, 2.05) is 6.92 Å². The molecular weight excluding hydrogens is 304 g/mol. The lowest BCUT2D eigenvalue weighted by molar-refractivity contribution is -0.131. The highest BCUT2D eigenvalue weighted by atomic mass is 79.9. The van der Waals surface area contributed by atoms with Crippen LogP contribution in [0.5, 0.6) is 0 Å². The van der Waals surface area contributed by atoms with Crippen LogP contribution in [0.15, 0.2) is 16.6 Å². The summed E-state index contributed by atoms with van der Waals surface area (Å²) in [7, 11) is 0. The topological polar surface area (TPSA) is 20.3 Å². The fourth-order valence-electron chi connectivity index (χ4n) is 2.27. The summed E-state index contributed by atoms with van der Waals surface area (Å²) in [6.07, 6.45) is 1.87. The molecule has 1 aromatic rings. The molecule has 0 bridgehead atoms. The number of nitrogens with zero attached hydrogens (tertiary/aromatic N) is 1. The number of benzene rings is 1. The highest BCUT2D eigenvalue weighted by molar-refractivity contribution is 9.10. The summed E-state index contributed by atoms with van der Waals surface area (Å²) in [5.41, 5.74) is 0.111. The first-order chi connectivity index (χ1) is 8.49. The first-order valence-electron chi connectivity index (χ1n) is 5.92. The quantitative estimate of drug-likeness (QED) is 0.767. The highest BCUT2D eigenvalue weighted by Crippen LogP contribution is 2.22. The number of hydrogen-bond acceptors (Lipinski definition) is 1. The van der Waals surface area contributed by atoms with Gasteiger partial charge in [0.05, 0.1) is 10.9 Å². The monoisotopic (exact) mass is 317 g/mol. The van der Waals surface area contributed by atoms with Crippen molar-refractivity contribution in [3.63, 3.8) is 0 Å². The number of likely N-dealkylation sites (tertiary alicyclic amines) is 1. The van der Waals surface area contributed by atoms with Crippen LogP contribution >= 0.6 is 15.9 Å². The molecule has 1 aromatic carbocycles. The van der Waals surface area contributed by atoms with Crippen LogP contribution in [-0.4, -0.2) is 23.4 Å². The lowest BCUT2D eigenvalue weighted by Gasteiger charge is -2.21. The Morgan fingerprint density at radius 3 is 2.78 bits per heavy atom. The molecule has 0 aromatic heterocycles. The molecule has 2 rings (SSSR count). The second kappa shape index (κ2) is 5.34. The van der Waals surface area contributed by atoms with Gasteiger partial charge >= 0.3 is 0 Å². The Morgan fingerprint density at radius 2 is 2.17 bits per heavy atom. The van der Waals surface area contributed by atoms with E-state index in [0.29, 0.717) is 6.54 Å². The first kappa shape index (κ1) is 13.5. The predicted molar refractivity (Wildman–Crippen MR) is 68.2 cm³/mol. The van der Waals surface area contributed by atoms with E-state index in [1.165, 1.54) is 0 Å². The normalized spacial score (nSPS) is 19.3. The molecule has 5 heteroatoms. The molecule has 0 spiro atoms. The van der Waals surface area contributed by atoms with Gasteiger partial charge in [-0.05, 0) is 47.8 Å². The van der Waals surface area contributed by atoms with E-state index in [-0.39, 0.29) is 28.4 Å². The molecule has 0 radical (unpaired) electrons. The van der Waals surface area contributed by atoms with E-state index in [4.69, 9.17) is 0 Å². The van der Waals surface area contributed by atoms with E-state index in [2.05, 4.69) is 15.9 Å². The van der Waals surface area contributed by atoms with Crippen LogP contribution in [0.3, 0.4) is 0 Å². The SMILES string of the molecule is CC1CCCN1C(=O)Cc1cc(F)c(Br)cc1F. The van der Waals surface area contributed by atoms with Crippen LogP contribution < -0.4 is 0 Å². The van der Waals surface area contributed by atoms with Crippen LogP contribution in [0.2, 0.25) is 0 Å². The van der Waals surface area contributed by atoms with Gasteiger partial charge in [0.2, 0.25) is 5.91 Å². The minimum Gasteiger partial charge on any atom is -0.340 e. The average Bonchev–Trinajstić information content (AvgIpc) is 2.72. The maximum Gasteiger partial charge on any atom is 0.227 e. The van der Waals surface area contributed by atoms with E-state index < -0.39 is 11.6 Å². The molecule has 0 saturated carbocycles. The number of carbonyl (C=O) groups is 1. The number of amides is 1. The van der Waals surface area contributed by atoms with Gasteiger partial charge in [0.15, 0.2) is 0 Å². The smallest absolute Gasteiger partial charge is 0.227 e. The van der Waals surface area contributed by atoms with Gasteiger partial charge in [0, 0.05) is 18.2 Å². The molecule has 98 valence electrons. The molecule has 18 heavy (non-hydrogen) atoms. The average molecular weight is 318 g/mol. The van der Waals surface area contributed by atoms with Crippen LogP contribution in [0.1, 0.15) is 25.3 Å². The third kappa shape index (κ3) is 2.71. The maximum absolute atomic E-state index is 13.6. The zero-order valence-electron chi connectivity index (χ0n) is 10.0. The second-order valence-corrected chi connectivity index (χ2v) is 5.47. The van der Waals surface area contributed by atoms with Gasteiger partial charge in [-0.1, -0.05) is 0 Å². The summed E-state index contributed by atoms with van der Waals surface area (Å²) in [5, 5.41) is 0. The molecule has 0 aliphatic carbocycles. The minimum atomic E-state index is -0.552. The number of rotatable bonds is 2. The Bertz CT molecular complexity index is 478. The summed E-state index contributed by atoms with van der Waals surface area (Å²) in [4.78, 5) is 13.7. The summed E-state index contributed by atoms with van der Waals surface area (Å²) >= 11 is 2.91. The van der Waals surface area contributed by atoms with Gasteiger partial charge < -0.3 is 4.90 Å². The summed E-state index contributed by atoms with van der Waals surface area (Å²) in [5.74, 6) is -1.24. The zero-order chi connectivity index (χ0) is 13.3. The van der Waals surface area contributed by atoms with Gasteiger partial charge in [0.1, 0.15) is 11.6 Å². The number of hydrogen-bond donors (Lipinski definition) is 0. The molecule has 1 heterocycles. The molecule has 1 saturated heterocycles. The third-order valence-electron chi connectivity index (χ3n) is 3.30. The lowest BCUT2D eigenvalue weighted by Crippen LogP contribution is -2.34. The van der Waals surface area contributed by atoms with Crippen molar-refractivity contribution in [2.24, 2.45) is 0 Å². The van der Waals surface area contributed by atoms with E-state index >= 15 is 0 Å². The van der Waals surface area contributed by atoms with Crippen LogP contribution in [0.4, 0.5) is 8.78 Å². The largest absolute Gasteiger partial charge is 0.340 e. The molecule has 1 aliphatic rings. The van der Waals surface area contributed by atoms with Crippen molar-refractivity contribution in [1.82, 2.24) is 4.90 Å². The van der Waals surface area contributed by atoms with Gasteiger partial charge in [-0.2, -0.15) is 0 Å². The Balaban J connectivity index is 2.14. The highest BCUT2D eigenvalue weighted by Gasteiger charge is 2.25. The molecule has 1 fully saturated rings. The van der Waals surface area contributed by atoms with E-state index in [0.717, 1.165) is 25.0 Å². The van der Waals surface area contributed by atoms with Crippen LogP contribution in [0.25, 0.3) is 0 Å². The van der Waals surface area contributed by atoms with Crippen LogP contribution in [0, 0.1) is 11.6 Å². The summed E-state index contributed by atoms with van der Waals surface area (Å²) in [6.45, 7) is 2.68. The lowest BCUT2D eigenvalue weighted by atomic mass is 10.1. The van der Waals surface area contributed by atoms with Gasteiger partial charge in [0.25, 0.3) is 0 Å². The standard InChI is InChI=1S/C13H14BrF2NO/c1-8-3-2-4-17(8)13(18)6-9-5-12(16)10(14)7-11(9)15/h5,7-8H,2-4,6H2,1H3. The van der Waals surface area contributed by atoms with Crippen molar-refractivity contribution in [2.75, 3.05) is 6.54 Å². The second-order valence-electron chi connectivity index (χ2n) is 4.61. The predicted octanol–water partition coefficient (Wildman–Crippen LogP) is 3.28. The molecule has 1 atom stereocenters. The van der Waals surface area contributed by atoms with Crippen molar-refractivity contribution in [1.29, 1.82) is 0 Å². The van der Waals surface area contributed by atoms with Crippen LogP contribution in [-0.2, 0) is 11.2 Å². The number of carbonyl (C=O) groups excluding carboxylic acids is 1. The molecule has 2 nitrogen and oxygen atoms in total. The van der Waals surface area contributed by atoms with Crippen molar-refractivity contribution in [3.05, 3.63) is 33.8 Å². The Morgan fingerprint density at radius 1 is 1.44 bits per heavy atom. The van der Waals surface area contributed by atoms with E-state index in [9.17, 15) is 13.6 Å². The van der Waals surface area contributed by atoms with Gasteiger partial charge in [-0.3, -0.25) is 4.79 Å². The third-order valence-corrected chi connectivity index (χ3v) is 3.91. The van der Waals surface area contributed by atoms with Crippen molar-refractivity contribution in [2.45, 2.75) is 32.2 Å². The van der Waals surface area contributed by atoms with Crippen molar-refractivity contribution in [3.8, 4) is 0 Å². The fourth-order valence-corrected chi connectivity index (χ4v) is 2.58. The molecule has 1 unspecified atom stereocenters. The molecular formula is C13H14BrF2NO. The fraction of sp³-hybridized carbons (Fsp3) is 0.462. The Hall–Kier alpha value is -0.970. The first-order valence-corrected chi connectivity index (χ1v) is 6.71. The molecule has 1 aliphatic heterocycles. The Labute approximate surface area is 113 Å².